The Morgan fingerprint density at radius 3 is 2.67 bits per heavy atom. The topological polar surface area (TPSA) is 29.5 Å². The molecule has 1 aromatic carbocycles. The van der Waals surface area contributed by atoms with E-state index in [2.05, 4.69) is 37.1 Å². The molecule has 0 spiro atoms. The minimum Gasteiger partial charge on any atom is -0.379 e. The van der Waals surface area contributed by atoms with Crippen LogP contribution in [0, 0.1) is 5.92 Å². The molecular formula is C25H31NO2S2. The molecule has 5 heteroatoms. The summed E-state index contributed by atoms with van der Waals surface area (Å²) in [6, 6.07) is 10.1. The van der Waals surface area contributed by atoms with Crippen LogP contribution < -0.4 is 0 Å². The zero-order valence-electron chi connectivity index (χ0n) is 18.1. The van der Waals surface area contributed by atoms with Gasteiger partial charge in [0.05, 0.1) is 18.1 Å². The molecule has 2 heterocycles. The molecule has 1 aliphatic carbocycles. The number of rotatable bonds is 6. The second-order valence-electron chi connectivity index (χ2n) is 8.47. The average molecular weight is 442 g/mol. The van der Waals surface area contributed by atoms with Crippen LogP contribution in [0.4, 0.5) is 0 Å². The van der Waals surface area contributed by atoms with Crippen molar-refractivity contribution in [3.63, 3.8) is 0 Å². The molecule has 1 aliphatic heterocycles. The van der Waals surface area contributed by atoms with E-state index in [9.17, 15) is 4.79 Å². The molecule has 2 atom stereocenters. The fourth-order valence-corrected chi connectivity index (χ4v) is 6.19. The molecule has 0 N–H and O–H groups in total. The monoisotopic (exact) mass is 441 g/mol. The van der Waals surface area contributed by atoms with E-state index < -0.39 is 0 Å². The Labute approximate surface area is 188 Å². The minimum absolute atomic E-state index is 0.142. The average Bonchev–Trinajstić information content (AvgIpc) is 3.15. The number of ether oxygens (including phenoxy) is 1. The Kier molecular flexibility index (Phi) is 7.14. The normalized spacial score (nSPS) is 22.3. The van der Waals surface area contributed by atoms with E-state index in [1.54, 1.807) is 23.1 Å². The predicted octanol–water partition coefficient (Wildman–Crippen LogP) is 5.95. The number of carbonyl (C=O) groups is 1. The van der Waals surface area contributed by atoms with Crippen LogP contribution in [0.15, 0.2) is 40.8 Å². The lowest BCUT2D eigenvalue weighted by atomic mass is 9.86. The summed E-state index contributed by atoms with van der Waals surface area (Å²) in [5.74, 6) is 1.23. The van der Waals surface area contributed by atoms with Gasteiger partial charge in [-0.1, -0.05) is 18.6 Å². The summed E-state index contributed by atoms with van der Waals surface area (Å²) in [4.78, 5) is 19.1. The van der Waals surface area contributed by atoms with Crippen molar-refractivity contribution < 1.29 is 9.53 Å². The lowest BCUT2D eigenvalue weighted by Crippen LogP contribution is -2.37. The summed E-state index contributed by atoms with van der Waals surface area (Å²) < 4.78 is 5.49. The van der Waals surface area contributed by atoms with Crippen LogP contribution in [0.2, 0.25) is 0 Å². The number of ketones is 1. The van der Waals surface area contributed by atoms with Gasteiger partial charge < -0.3 is 4.74 Å². The molecule has 3 nitrogen and oxygen atoms in total. The zero-order chi connectivity index (χ0) is 21.1. The third kappa shape index (κ3) is 4.91. The largest absolute Gasteiger partial charge is 0.379 e. The lowest BCUT2D eigenvalue weighted by molar-refractivity contribution is 0.0349. The maximum atomic E-state index is 13.1. The van der Waals surface area contributed by atoms with Gasteiger partial charge in [0.15, 0.2) is 0 Å². The van der Waals surface area contributed by atoms with E-state index in [0.717, 1.165) is 49.7 Å². The number of allylic oxidation sites excluding steroid dienone is 1. The Balaban J connectivity index is 1.52. The number of nitrogens with zero attached hydrogens (tertiary/aromatic N) is 1. The molecule has 2 aromatic rings. The molecule has 4 rings (SSSR count). The van der Waals surface area contributed by atoms with Crippen LogP contribution >= 0.6 is 23.1 Å². The first-order valence-corrected chi connectivity index (χ1v) is 12.9. The van der Waals surface area contributed by atoms with Gasteiger partial charge >= 0.3 is 0 Å². The summed E-state index contributed by atoms with van der Waals surface area (Å²) in [6.07, 6.45) is 6.71. The summed E-state index contributed by atoms with van der Waals surface area (Å²) in [6.45, 7) is 9.55. The number of morpholine rings is 1. The van der Waals surface area contributed by atoms with Crippen molar-refractivity contribution in [2.24, 2.45) is 5.92 Å². The van der Waals surface area contributed by atoms with Gasteiger partial charge in [0.1, 0.15) is 0 Å². The second-order valence-corrected chi connectivity index (χ2v) is 10.4. The van der Waals surface area contributed by atoms with Gasteiger partial charge in [-0.2, -0.15) is 0 Å². The van der Waals surface area contributed by atoms with Crippen LogP contribution in [0.3, 0.4) is 0 Å². The Morgan fingerprint density at radius 2 is 1.97 bits per heavy atom. The summed E-state index contributed by atoms with van der Waals surface area (Å²) in [7, 11) is 0. The molecule has 1 aromatic heterocycles. The van der Waals surface area contributed by atoms with Gasteiger partial charge in [0.2, 0.25) is 5.78 Å². The summed E-state index contributed by atoms with van der Waals surface area (Å²) in [5, 5.41) is 0. The molecule has 2 aliphatic rings. The van der Waals surface area contributed by atoms with E-state index in [4.69, 9.17) is 4.74 Å². The molecule has 1 fully saturated rings. The quantitative estimate of drug-likeness (QED) is 0.409. The number of hydrogen-bond donors (Lipinski definition) is 0. The molecule has 1 saturated heterocycles. The van der Waals surface area contributed by atoms with Gasteiger partial charge in [0, 0.05) is 28.4 Å². The maximum Gasteiger partial charge on any atom is 0.202 e. The van der Waals surface area contributed by atoms with E-state index >= 15 is 0 Å². The lowest BCUT2D eigenvalue weighted by Gasteiger charge is -2.30. The minimum atomic E-state index is 0.142. The first kappa shape index (κ1) is 21.8. The first-order chi connectivity index (χ1) is 14.5. The maximum absolute atomic E-state index is 13.1. The second kappa shape index (κ2) is 9.82. The fourth-order valence-electron chi connectivity index (χ4n) is 4.54. The van der Waals surface area contributed by atoms with Crippen molar-refractivity contribution in [1.82, 2.24) is 4.90 Å². The standard InChI is InChI=1S/C25H31NO2S2/c1-17-14-20(8-9-26-10-12-28-13-11-26)18(2)25-21(15-17)16-23(30-25)24(27)19-4-6-22(29-3)7-5-19/h4-7,15-16,18,20H,8-14H2,1-3H3. The third-order valence-corrected chi connectivity index (χ3v) is 8.49. The molecule has 0 saturated carbocycles. The summed E-state index contributed by atoms with van der Waals surface area (Å²) in [5.41, 5.74) is 3.46. The van der Waals surface area contributed by atoms with Crippen molar-refractivity contribution >= 4 is 35.0 Å². The molecule has 0 bridgehead atoms. The third-order valence-electron chi connectivity index (χ3n) is 6.39. The highest BCUT2D eigenvalue weighted by atomic mass is 32.2. The number of thiophene rings is 1. The van der Waals surface area contributed by atoms with Gasteiger partial charge in [-0.25, -0.2) is 0 Å². The smallest absolute Gasteiger partial charge is 0.202 e. The summed E-state index contributed by atoms with van der Waals surface area (Å²) >= 11 is 3.40. The number of carbonyl (C=O) groups excluding carboxylic acids is 1. The number of hydrogen-bond acceptors (Lipinski definition) is 5. The highest BCUT2D eigenvalue weighted by Gasteiger charge is 2.28. The van der Waals surface area contributed by atoms with Gasteiger partial charge in [-0.3, -0.25) is 9.69 Å². The van der Waals surface area contributed by atoms with E-state index in [1.165, 1.54) is 27.3 Å². The molecule has 30 heavy (non-hydrogen) atoms. The predicted molar refractivity (Wildman–Crippen MR) is 128 cm³/mol. The van der Waals surface area contributed by atoms with Crippen LogP contribution in [0.25, 0.3) is 6.08 Å². The van der Waals surface area contributed by atoms with Gasteiger partial charge in [0.25, 0.3) is 0 Å². The molecule has 2 unspecified atom stereocenters. The van der Waals surface area contributed by atoms with Crippen molar-refractivity contribution in [3.8, 4) is 0 Å². The number of fused-ring (bicyclic) bond motifs is 1. The van der Waals surface area contributed by atoms with Crippen molar-refractivity contribution in [2.75, 3.05) is 39.1 Å². The molecule has 0 radical (unpaired) electrons. The van der Waals surface area contributed by atoms with Gasteiger partial charge in [-0.15, -0.1) is 23.1 Å². The highest BCUT2D eigenvalue weighted by Crippen LogP contribution is 2.42. The molecule has 160 valence electrons. The molecule has 0 amide bonds. The van der Waals surface area contributed by atoms with Crippen LogP contribution in [-0.2, 0) is 4.74 Å². The van der Waals surface area contributed by atoms with Crippen LogP contribution in [0.1, 0.15) is 58.3 Å². The van der Waals surface area contributed by atoms with E-state index in [0.29, 0.717) is 11.8 Å². The van der Waals surface area contributed by atoms with Gasteiger partial charge in [-0.05, 0) is 80.3 Å². The van der Waals surface area contributed by atoms with Crippen molar-refractivity contribution in [3.05, 3.63) is 56.8 Å². The van der Waals surface area contributed by atoms with Crippen LogP contribution in [0.5, 0.6) is 0 Å². The van der Waals surface area contributed by atoms with Crippen molar-refractivity contribution in [1.29, 1.82) is 0 Å². The highest BCUT2D eigenvalue weighted by molar-refractivity contribution is 7.98. The Bertz CT molecular complexity index is 910. The Hall–Kier alpha value is -1.40. The van der Waals surface area contributed by atoms with Crippen molar-refractivity contribution in [2.45, 2.75) is 37.5 Å². The Morgan fingerprint density at radius 1 is 1.23 bits per heavy atom. The first-order valence-electron chi connectivity index (χ1n) is 10.8. The molecular weight excluding hydrogens is 410 g/mol. The number of thioether (sulfide) groups is 1. The van der Waals surface area contributed by atoms with Crippen LogP contribution in [-0.4, -0.2) is 49.8 Å². The van der Waals surface area contributed by atoms with E-state index in [1.807, 2.05) is 24.3 Å². The zero-order valence-corrected chi connectivity index (χ0v) is 19.8. The number of benzene rings is 1. The SMILES string of the molecule is CSc1ccc(C(=O)c2cc3c(s2)C(C)C(CCN2CCOCC2)CC(C)=C3)cc1. The van der Waals surface area contributed by atoms with E-state index in [-0.39, 0.29) is 5.78 Å². The fraction of sp³-hybridized carbons (Fsp3) is 0.480.